The van der Waals surface area contributed by atoms with Crippen LogP contribution in [0, 0.1) is 11.3 Å². The molecule has 0 aliphatic carbocycles. The first-order valence-corrected chi connectivity index (χ1v) is 9.07. The highest BCUT2D eigenvalue weighted by atomic mass is 35.5. The zero-order valence-corrected chi connectivity index (χ0v) is 15.4. The maximum atomic E-state index is 12.2. The van der Waals surface area contributed by atoms with Gasteiger partial charge in [0.1, 0.15) is 0 Å². The van der Waals surface area contributed by atoms with E-state index in [1.165, 1.54) is 24.9 Å². The van der Waals surface area contributed by atoms with Crippen molar-refractivity contribution >= 4 is 40.1 Å². The van der Waals surface area contributed by atoms with E-state index in [2.05, 4.69) is 0 Å². The maximum Gasteiger partial charge on any atom is 0.321 e. The fraction of sp³-hybridized carbons (Fsp3) is 0.100. The van der Waals surface area contributed by atoms with Crippen LogP contribution < -0.4 is 9.47 Å². The molecule has 0 heterocycles. The Balaban J connectivity index is 1.74. The van der Waals surface area contributed by atoms with Gasteiger partial charge in [-0.15, -0.1) is 11.8 Å². The van der Waals surface area contributed by atoms with Crippen LogP contribution in [0.1, 0.15) is 5.56 Å². The number of hydrogen-bond donors (Lipinski definition) is 0. The highest BCUT2D eigenvalue weighted by molar-refractivity contribution is 8.00. The van der Waals surface area contributed by atoms with Crippen molar-refractivity contribution in [3.8, 4) is 17.6 Å². The molecule has 0 bridgehead atoms. The summed E-state index contributed by atoms with van der Waals surface area (Å²) in [4.78, 5) is 13.1. The summed E-state index contributed by atoms with van der Waals surface area (Å²) in [5.41, 5.74) is 0.432. The monoisotopic (exact) mass is 383 g/mol. The average Bonchev–Trinajstić information content (AvgIpc) is 2.66. The minimum absolute atomic E-state index is 0.119. The molecule has 3 rings (SSSR count). The van der Waals surface area contributed by atoms with E-state index < -0.39 is 5.97 Å². The summed E-state index contributed by atoms with van der Waals surface area (Å²) in [6.45, 7) is 0. The Labute approximate surface area is 160 Å². The Hall–Kier alpha value is -2.68. The van der Waals surface area contributed by atoms with Crippen molar-refractivity contribution in [1.29, 1.82) is 5.26 Å². The van der Waals surface area contributed by atoms with E-state index in [9.17, 15) is 4.79 Å². The Bertz CT molecular complexity index is 1010. The van der Waals surface area contributed by atoms with E-state index in [-0.39, 0.29) is 11.5 Å². The van der Waals surface area contributed by atoms with Crippen molar-refractivity contribution in [2.24, 2.45) is 0 Å². The second-order valence-electron chi connectivity index (χ2n) is 5.33. The molecular formula is C20H14ClNO3S. The van der Waals surface area contributed by atoms with Crippen LogP contribution in [0.3, 0.4) is 0 Å². The summed E-state index contributed by atoms with van der Waals surface area (Å²) in [5.74, 6) is 0.332. The number of nitriles is 1. The van der Waals surface area contributed by atoms with Crippen molar-refractivity contribution < 1.29 is 14.3 Å². The maximum absolute atomic E-state index is 12.2. The van der Waals surface area contributed by atoms with Crippen LogP contribution in [0.5, 0.6) is 11.5 Å². The molecular weight excluding hydrogens is 370 g/mol. The zero-order chi connectivity index (χ0) is 18.5. The molecule has 0 saturated carbocycles. The third-order valence-electron chi connectivity index (χ3n) is 3.68. The van der Waals surface area contributed by atoms with E-state index in [4.69, 9.17) is 26.3 Å². The molecule has 0 unspecified atom stereocenters. The number of rotatable bonds is 5. The van der Waals surface area contributed by atoms with Crippen molar-refractivity contribution in [3.63, 3.8) is 0 Å². The number of nitrogens with zero attached hydrogens (tertiary/aromatic N) is 1. The summed E-state index contributed by atoms with van der Waals surface area (Å²) in [7, 11) is 1.46. The summed E-state index contributed by atoms with van der Waals surface area (Å²) in [6, 6.07) is 18.2. The molecule has 0 radical (unpaired) electrons. The van der Waals surface area contributed by atoms with Crippen LogP contribution in [0.15, 0.2) is 59.5 Å². The lowest BCUT2D eigenvalue weighted by atomic mass is 10.1. The molecule has 0 fully saturated rings. The fourth-order valence-corrected chi connectivity index (χ4v) is 3.71. The number of fused-ring (bicyclic) bond motifs is 1. The SMILES string of the molecule is COc1cc(C#N)ccc1OC(=O)CSc1cccc2cccc(Cl)c12. The molecule has 0 aliphatic heterocycles. The standard InChI is InChI=1S/C20H14ClNO3S/c1-24-17-10-13(11-22)8-9-16(17)25-19(23)12-26-18-7-3-5-14-4-2-6-15(21)20(14)18/h2-10H,12H2,1H3. The van der Waals surface area contributed by atoms with Gasteiger partial charge in [-0.05, 0) is 29.7 Å². The number of esters is 1. The van der Waals surface area contributed by atoms with E-state index in [1.807, 2.05) is 42.5 Å². The van der Waals surface area contributed by atoms with Gasteiger partial charge >= 0.3 is 5.97 Å². The Morgan fingerprint density at radius 3 is 2.65 bits per heavy atom. The molecule has 6 heteroatoms. The number of benzene rings is 3. The Kier molecular flexibility index (Phi) is 5.67. The highest BCUT2D eigenvalue weighted by Crippen LogP contribution is 2.34. The summed E-state index contributed by atoms with van der Waals surface area (Å²) in [6.07, 6.45) is 0. The quantitative estimate of drug-likeness (QED) is 0.349. The van der Waals surface area contributed by atoms with Crippen LogP contribution >= 0.6 is 23.4 Å². The molecule has 130 valence electrons. The molecule has 0 spiro atoms. The van der Waals surface area contributed by atoms with Crippen LogP contribution in [0.2, 0.25) is 5.02 Å². The van der Waals surface area contributed by atoms with Gasteiger partial charge in [0.15, 0.2) is 11.5 Å². The van der Waals surface area contributed by atoms with Gasteiger partial charge in [-0.3, -0.25) is 4.79 Å². The molecule has 0 saturated heterocycles. The first-order valence-electron chi connectivity index (χ1n) is 7.71. The number of methoxy groups -OCH3 is 1. The molecule has 4 nitrogen and oxygen atoms in total. The van der Waals surface area contributed by atoms with Gasteiger partial charge in [-0.25, -0.2) is 0 Å². The average molecular weight is 384 g/mol. The molecule has 0 amide bonds. The summed E-state index contributed by atoms with van der Waals surface area (Å²) in [5, 5.41) is 11.5. The van der Waals surface area contributed by atoms with Gasteiger partial charge in [-0.1, -0.05) is 35.9 Å². The van der Waals surface area contributed by atoms with E-state index in [0.717, 1.165) is 15.7 Å². The zero-order valence-electron chi connectivity index (χ0n) is 13.9. The second kappa shape index (κ2) is 8.13. The van der Waals surface area contributed by atoms with Crippen molar-refractivity contribution in [2.45, 2.75) is 4.90 Å². The molecule has 26 heavy (non-hydrogen) atoms. The third-order valence-corrected chi connectivity index (χ3v) is 5.02. The fourth-order valence-electron chi connectivity index (χ4n) is 2.49. The predicted octanol–water partition coefficient (Wildman–Crippen LogP) is 5.07. The predicted molar refractivity (Wildman–Crippen MR) is 103 cm³/mol. The van der Waals surface area contributed by atoms with Crippen molar-refractivity contribution in [1.82, 2.24) is 0 Å². The van der Waals surface area contributed by atoms with Crippen LogP contribution in [0.25, 0.3) is 10.8 Å². The smallest absolute Gasteiger partial charge is 0.321 e. The summed E-state index contributed by atoms with van der Waals surface area (Å²) >= 11 is 7.66. The Morgan fingerprint density at radius 2 is 1.92 bits per heavy atom. The normalized spacial score (nSPS) is 10.3. The highest BCUT2D eigenvalue weighted by Gasteiger charge is 2.13. The minimum Gasteiger partial charge on any atom is -0.493 e. The number of thioether (sulfide) groups is 1. The molecule has 0 aromatic heterocycles. The first kappa shape index (κ1) is 18.1. The topological polar surface area (TPSA) is 59.3 Å². The third kappa shape index (κ3) is 3.93. The van der Waals surface area contributed by atoms with Gasteiger partial charge in [0.25, 0.3) is 0 Å². The molecule has 0 atom stereocenters. The molecule has 3 aromatic rings. The van der Waals surface area contributed by atoms with Gasteiger partial charge in [0, 0.05) is 21.4 Å². The number of halogens is 1. The lowest BCUT2D eigenvalue weighted by Crippen LogP contribution is -2.11. The van der Waals surface area contributed by atoms with Crippen molar-refractivity contribution in [3.05, 3.63) is 65.2 Å². The van der Waals surface area contributed by atoms with Gasteiger partial charge < -0.3 is 9.47 Å². The largest absolute Gasteiger partial charge is 0.493 e. The number of carbonyl (C=O) groups excluding carboxylic acids is 1. The van der Waals surface area contributed by atoms with Crippen LogP contribution in [0.4, 0.5) is 0 Å². The Morgan fingerprint density at radius 1 is 1.15 bits per heavy atom. The number of carbonyl (C=O) groups is 1. The van der Waals surface area contributed by atoms with E-state index in [1.54, 1.807) is 12.1 Å². The molecule has 0 aliphatic rings. The van der Waals surface area contributed by atoms with Crippen LogP contribution in [-0.4, -0.2) is 18.8 Å². The minimum atomic E-state index is -0.415. The lowest BCUT2D eigenvalue weighted by molar-refractivity contribution is -0.131. The number of hydrogen-bond acceptors (Lipinski definition) is 5. The van der Waals surface area contributed by atoms with Crippen LogP contribution in [-0.2, 0) is 4.79 Å². The van der Waals surface area contributed by atoms with Gasteiger partial charge in [0.05, 0.1) is 24.5 Å². The van der Waals surface area contributed by atoms with E-state index >= 15 is 0 Å². The summed E-state index contributed by atoms with van der Waals surface area (Å²) < 4.78 is 10.5. The molecule has 0 N–H and O–H groups in total. The number of ether oxygens (including phenoxy) is 2. The second-order valence-corrected chi connectivity index (χ2v) is 6.76. The van der Waals surface area contributed by atoms with Gasteiger partial charge in [-0.2, -0.15) is 5.26 Å². The van der Waals surface area contributed by atoms with Gasteiger partial charge in [0.2, 0.25) is 0 Å². The van der Waals surface area contributed by atoms with Crippen molar-refractivity contribution in [2.75, 3.05) is 12.9 Å². The molecule has 3 aromatic carbocycles. The first-order chi connectivity index (χ1) is 12.6. The van der Waals surface area contributed by atoms with E-state index in [0.29, 0.717) is 16.3 Å². The lowest BCUT2D eigenvalue weighted by Gasteiger charge is -2.10.